The Kier molecular flexibility index (Phi) is 4.39. The van der Waals surface area contributed by atoms with Gasteiger partial charge in [-0.15, -0.1) is 11.3 Å². The van der Waals surface area contributed by atoms with Crippen LogP contribution in [0.5, 0.6) is 0 Å². The molecule has 0 fully saturated rings. The monoisotopic (exact) mass is 416 g/mol. The molecule has 1 atom stereocenters. The quantitative estimate of drug-likeness (QED) is 0.573. The van der Waals surface area contributed by atoms with Gasteiger partial charge in [-0.2, -0.15) is 13.2 Å². The third-order valence-electron chi connectivity index (χ3n) is 3.46. The first-order chi connectivity index (χ1) is 11.2. The molecule has 0 radical (unpaired) electrons. The zero-order chi connectivity index (χ0) is 17.5. The van der Waals surface area contributed by atoms with Crippen LogP contribution in [0.3, 0.4) is 0 Å². The number of benzene rings is 1. The maximum Gasteiger partial charge on any atom is 0.416 e. The molecule has 2 aromatic heterocycles. The van der Waals surface area contributed by atoms with Crippen molar-refractivity contribution < 1.29 is 13.2 Å². The first-order valence-corrected chi connectivity index (χ1v) is 8.49. The summed E-state index contributed by atoms with van der Waals surface area (Å²) in [5.41, 5.74) is 5.36. The number of nitrogen functional groups attached to an aromatic ring is 1. The van der Waals surface area contributed by atoms with E-state index >= 15 is 0 Å². The Hall–Kier alpha value is -1.87. The van der Waals surface area contributed by atoms with Crippen LogP contribution in [0.2, 0.25) is 0 Å². The van der Waals surface area contributed by atoms with Crippen molar-refractivity contribution in [1.29, 1.82) is 0 Å². The van der Waals surface area contributed by atoms with E-state index in [-0.39, 0.29) is 5.69 Å². The fraction of sp³-hybridized carbons (Fsp3) is 0.200. The van der Waals surface area contributed by atoms with Crippen molar-refractivity contribution in [2.75, 3.05) is 11.1 Å². The van der Waals surface area contributed by atoms with E-state index < -0.39 is 17.8 Å². The van der Waals surface area contributed by atoms with Crippen LogP contribution in [0.25, 0.3) is 10.2 Å². The lowest BCUT2D eigenvalue weighted by Gasteiger charge is -2.18. The number of rotatable bonds is 3. The van der Waals surface area contributed by atoms with Gasteiger partial charge in [-0.1, -0.05) is 0 Å². The summed E-state index contributed by atoms with van der Waals surface area (Å²) in [6, 6.07) is 5.00. The van der Waals surface area contributed by atoms with Crippen molar-refractivity contribution in [3.05, 3.63) is 45.5 Å². The average Bonchev–Trinajstić information content (AvgIpc) is 2.87. The van der Waals surface area contributed by atoms with Gasteiger partial charge in [0, 0.05) is 5.69 Å². The smallest absolute Gasteiger partial charge is 0.399 e. The van der Waals surface area contributed by atoms with Gasteiger partial charge in [0.1, 0.15) is 17.0 Å². The summed E-state index contributed by atoms with van der Waals surface area (Å²) >= 11 is 4.85. The van der Waals surface area contributed by atoms with Crippen molar-refractivity contribution in [1.82, 2.24) is 9.97 Å². The topological polar surface area (TPSA) is 63.8 Å². The van der Waals surface area contributed by atoms with Crippen LogP contribution in [0.1, 0.15) is 24.1 Å². The normalized spacial score (nSPS) is 13.2. The van der Waals surface area contributed by atoms with Gasteiger partial charge in [-0.05, 0) is 52.7 Å². The van der Waals surface area contributed by atoms with Gasteiger partial charge < -0.3 is 11.1 Å². The van der Waals surface area contributed by atoms with Crippen molar-refractivity contribution in [3.63, 3.8) is 0 Å². The van der Waals surface area contributed by atoms with Gasteiger partial charge in [-0.25, -0.2) is 9.97 Å². The molecule has 2 heterocycles. The van der Waals surface area contributed by atoms with E-state index in [0.717, 1.165) is 26.1 Å². The Labute approximate surface area is 148 Å². The van der Waals surface area contributed by atoms with Crippen LogP contribution in [0, 0.1) is 0 Å². The molecule has 126 valence electrons. The third-order valence-corrected chi connectivity index (χ3v) is 5.00. The summed E-state index contributed by atoms with van der Waals surface area (Å²) in [4.78, 5) is 9.15. The summed E-state index contributed by atoms with van der Waals surface area (Å²) in [7, 11) is 0. The Balaban J connectivity index is 1.94. The zero-order valence-corrected chi connectivity index (χ0v) is 14.8. The van der Waals surface area contributed by atoms with Crippen LogP contribution < -0.4 is 11.1 Å². The molecule has 0 saturated heterocycles. The molecule has 3 rings (SSSR count). The van der Waals surface area contributed by atoms with E-state index in [4.69, 9.17) is 5.73 Å². The lowest BCUT2D eigenvalue weighted by atomic mass is 10.0. The molecule has 1 aromatic carbocycles. The molecule has 3 N–H and O–H groups in total. The second-order valence-electron chi connectivity index (χ2n) is 5.24. The molecule has 0 amide bonds. The summed E-state index contributed by atoms with van der Waals surface area (Å²) < 4.78 is 39.7. The van der Waals surface area contributed by atoms with E-state index in [1.54, 1.807) is 6.92 Å². The van der Waals surface area contributed by atoms with E-state index in [9.17, 15) is 13.2 Å². The minimum atomic E-state index is -4.44. The maximum absolute atomic E-state index is 12.9. The summed E-state index contributed by atoms with van der Waals surface area (Å²) in [6.45, 7) is 1.75. The largest absolute Gasteiger partial charge is 0.416 e. The van der Waals surface area contributed by atoms with E-state index in [2.05, 4.69) is 31.2 Å². The summed E-state index contributed by atoms with van der Waals surface area (Å²) in [6.07, 6.45) is -3.02. The molecule has 0 aliphatic carbocycles. The van der Waals surface area contributed by atoms with Crippen molar-refractivity contribution in [2.24, 2.45) is 0 Å². The van der Waals surface area contributed by atoms with Gasteiger partial charge in [0.2, 0.25) is 0 Å². The van der Waals surface area contributed by atoms with Gasteiger partial charge in [0.05, 0.1) is 20.8 Å². The van der Waals surface area contributed by atoms with Crippen molar-refractivity contribution in [2.45, 2.75) is 19.1 Å². The van der Waals surface area contributed by atoms with E-state index in [1.807, 2.05) is 6.07 Å². The number of aromatic nitrogens is 2. The van der Waals surface area contributed by atoms with E-state index in [1.165, 1.54) is 23.7 Å². The Morgan fingerprint density at radius 2 is 1.96 bits per heavy atom. The maximum atomic E-state index is 12.9. The number of nitrogens with one attached hydrogen (secondary N) is 1. The molecule has 0 aliphatic rings. The Morgan fingerprint density at radius 1 is 1.21 bits per heavy atom. The highest BCUT2D eigenvalue weighted by atomic mass is 79.9. The Morgan fingerprint density at radius 3 is 2.67 bits per heavy atom. The number of nitrogens with two attached hydrogens (primary N) is 1. The van der Waals surface area contributed by atoms with Crippen LogP contribution >= 0.6 is 27.3 Å². The molecule has 0 unspecified atom stereocenters. The van der Waals surface area contributed by atoms with Gasteiger partial charge in [-0.3, -0.25) is 0 Å². The molecule has 24 heavy (non-hydrogen) atoms. The number of alkyl halides is 3. The zero-order valence-electron chi connectivity index (χ0n) is 12.4. The average molecular weight is 417 g/mol. The fourth-order valence-electron chi connectivity index (χ4n) is 2.32. The molecule has 3 aromatic rings. The second-order valence-corrected chi connectivity index (χ2v) is 7.65. The summed E-state index contributed by atoms with van der Waals surface area (Å²) in [5.74, 6) is 0.561. The highest BCUT2D eigenvalue weighted by molar-refractivity contribution is 9.11. The molecular formula is C15H12BrF3N4S. The van der Waals surface area contributed by atoms with Gasteiger partial charge >= 0.3 is 6.18 Å². The standard InChI is InChI=1S/C15H12BrF3N4S/c1-7(8-2-9(15(17,18)19)4-10(20)3-8)23-13-11-5-12(16)24-14(11)22-6-21-13/h2-7H,20H2,1H3,(H,21,22,23)/t7-/m1/s1. The molecule has 0 bridgehead atoms. The number of nitrogens with zero attached hydrogens (tertiary/aromatic N) is 2. The van der Waals surface area contributed by atoms with Crippen LogP contribution in [0.15, 0.2) is 34.4 Å². The number of thiophene rings is 1. The minimum absolute atomic E-state index is 0.0691. The second kappa shape index (κ2) is 6.21. The number of fused-ring (bicyclic) bond motifs is 1. The first-order valence-electron chi connectivity index (χ1n) is 6.88. The molecular weight excluding hydrogens is 405 g/mol. The third kappa shape index (κ3) is 3.46. The number of hydrogen-bond acceptors (Lipinski definition) is 5. The highest BCUT2D eigenvalue weighted by Crippen LogP contribution is 2.35. The number of halogens is 4. The molecule has 0 aliphatic heterocycles. The minimum Gasteiger partial charge on any atom is -0.399 e. The highest BCUT2D eigenvalue weighted by Gasteiger charge is 2.31. The van der Waals surface area contributed by atoms with Gasteiger partial charge in [0.25, 0.3) is 0 Å². The molecule has 4 nitrogen and oxygen atoms in total. The molecule has 9 heteroatoms. The van der Waals surface area contributed by atoms with Crippen molar-refractivity contribution >= 4 is 49.0 Å². The van der Waals surface area contributed by atoms with Crippen molar-refractivity contribution in [3.8, 4) is 0 Å². The number of anilines is 2. The van der Waals surface area contributed by atoms with Crippen LogP contribution in [-0.4, -0.2) is 9.97 Å². The van der Waals surface area contributed by atoms with Gasteiger partial charge in [0.15, 0.2) is 0 Å². The number of hydrogen-bond donors (Lipinski definition) is 2. The first kappa shape index (κ1) is 17.0. The molecule has 0 saturated carbocycles. The SMILES string of the molecule is C[C@@H](Nc1ncnc2sc(Br)cc12)c1cc(N)cc(C(F)(F)F)c1. The van der Waals surface area contributed by atoms with Crippen LogP contribution in [-0.2, 0) is 6.18 Å². The van der Waals surface area contributed by atoms with E-state index in [0.29, 0.717) is 11.4 Å². The fourth-order valence-corrected chi connectivity index (χ4v) is 3.74. The molecule has 0 spiro atoms. The lowest BCUT2D eigenvalue weighted by molar-refractivity contribution is -0.137. The Bertz CT molecular complexity index is 894. The summed E-state index contributed by atoms with van der Waals surface area (Å²) in [5, 5.41) is 3.94. The van der Waals surface area contributed by atoms with Crippen LogP contribution in [0.4, 0.5) is 24.7 Å². The lowest BCUT2D eigenvalue weighted by Crippen LogP contribution is -2.12. The predicted molar refractivity (Wildman–Crippen MR) is 93.0 cm³/mol. The predicted octanol–water partition coefficient (Wildman–Crippen LogP) is 5.23.